The third kappa shape index (κ3) is 3.81. The van der Waals surface area contributed by atoms with Crippen molar-refractivity contribution in [2.75, 3.05) is 20.1 Å². The van der Waals surface area contributed by atoms with Crippen molar-refractivity contribution in [3.8, 4) is 0 Å². The Bertz CT molecular complexity index is 358. The molecule has 0 aliphatic heterocycles. The molecule has 88 valence electrons. The molecule has 1 aromatic rings. The lowest BCUT2D eigenvalue weighted by atomic mass is 10.1. The summed E-state index contributed by atoms with van der Waals surface area (Å²) in [7, 11) is 1.68. The average molecular weight is 243 g/mol. The smallest absolute Gasteiger partial charge is 0.234 e. The Labute approximate surface area is 99.6 Å². The van der Waals surface area contributed by atoms with E-state index in [1.54, 1.807) is 31.3 Å². The zero-order valence-corrected chi connectivity index (χ0v) is 9.79. The van der Waals surface area contributed by atoms with E-state index in [9.17, 15) is 9.90 Å². The van der Waals surface area contributed by atoms with Crippen molar-refractivity contribution in [3.05, 3.63) is 34.9 Å². The number of hydrogen-bond donors (Lipinski definition) is 3. The van der Waals surface area contributed by atoms with Crippen LogP contribution in [0.5, 0.6) is 0 Å². The standard InChI is InChI=1S/C11H15ClN2O2/c1-13-7-11(16)14-6-10(15)8-4-2-3-5-9(8)12/h2-5,10,13,15H,6-7H2,1H3,(H,14,16). The molecule has 0 radical (unpaired) electrons. The zero-order valence-electron chi connectivity index (χ0n) is 9.03. The fourth-order valence-electron chi connectivity index (χ4n) is 1.29. The molecular formula is C11H15ClN2O2. The van der Waals surface area contributed by atoms with Crippen LogP contribution in [0.25, 0.3) is 0 Å². The number of carbonyl (C=O) groups is 1. The van der Waals surface area contributed by atoms with Crippen LogP contribution >= 0.6 is 11.6 Å². The predicted molar refractivity (Wildman–Crippen MR) is 63.3 cm³/mol. The SMILES string of the molecule is CNCC(=O)NCC(O)c1ccccc1Cl. The summed E-state index contributed by atoms with van der Waals surface area (Å²) in [4.78, 5) is 11.1. The fourth-order valence-corrected chi connectivity index (χ4v) is 1.55. The van der Waals surface area contributed by atoms with E-state index in [-0.39, 0.29) is 19.0 Å². The van der Waals surface area contributed by atoms with Crippen LogP contribution in [0.1, 0.15) is 11.7 Å². The highest BCUT2D eigenvalue weighted by Crippen LogP contribution is 2.21. The van der Waals surface area contributed by atoms with Gasteiger partial charge in [0.15, 0.2) is 0 Å². The molecule has 1 atom stereocenters. The molecule has 1 aromatic carbocycles. The van der Waals surface area contributed by atoms with Crippen LogP contribution in [0.3, 0.4) is 0 Å². The Morgan fingerprint density at radius 2 is 2.19 bits per heavy atom. The largest absolute Gasteiger partial charge is 0.387 e. The second-order valence-corrected chi connectivity index (χ2v) is 3.78. The summed E-state index contributed by atoms with van der Waals surface area (Å²) >= 11 is 5.91. The minimum Gasteiger partial charge on any atom is -0.387 e. The summed E-state index contributed by atoms with van der Waals surface area (Å²) in [5.74, 6) is -0.159. The first-order valence-electron chi connectivity index (χ1n) is 4.99. The van der Waals surface area contributed by atoms with Crippen LogP contribution in [0.15, 0.2) is 24.3 Å². The molecule has 3 N–H and O–H groups in total. The number of aliphatic hydroxyl groups excluding tert-OH is 1. The maximum absolute atomic E-state index is 11.1. The van der Waals surface area contributed by atoms with Crippen molar-refractivity contribution in [1.29, 1.82) is 0 Å². The van der Waals surface area contributed by atoms with E-state index in [2.05, 4.69) is 10.6 Å². The molecule has 0 aliphatic carbocycles. The Morgan fingerprint density at radius 1 is 1.50 bits per heavy atom. The zero-order chi connectivity index (χ0) is 12.0. The van der Waals surface area contributed by atoms with Gasteiger partial charge in [-0.25, -0.2) is 0 Å². The quantitative estimate of drug-likeness (QED) is 0.713. The van der Waals surface area contributed by atoms with Crippen molar-refractivity contribution >= 4 is 17.5 Å². The van der Waals surface area contributed by atoms with Gasteiger partial charge in [-0.1, -0.05) is 29.8 Å². The lowest BCUT2D eigenvalue weighted by Gasteiger charge is -2.13. The van der Waals surface area contributed by atoms with Crippen molar-refractivity contribution in [3.63, 3.8) is 0 Å². The molecule has 0 saturated carbocycles. The summed E-state index contributed by atoms with van der Waals surface area (Å²) < 4.78 is 0. The van der Waals surface area contributed by atoms with Crippen LogP contribution < -0.4 is 10.6 Å². The Kier molecular flexibility index (Phi) is 5.25. The Hall–Kier alpha value is -1.10. The first-order chi connectivity index (χ1) is 7.65. The van der Waals surface area contributed by atoms with Gasteiger partial charge in [-0.15, -0.1) is 0 Å². The highest BCUT2D eigenvalue weighted by atomic mass is 35.5. The summed E-state index contributed by atoms with van der Waals surface area (Å²) in [5, 5.41) is 15.6. The normalized spacial score (nSPS) is 12.2. The van der Waals surface area contributed by atoms with Crippen LogP contribution in [0, 0.1) is 0 Å². The van der Waals surface area contributed by atoms with Crippen molar-refractivity contribution in [1.82, 2.24) is 10.6 Å². The summed E-state index contributed by atoms with van der Waals surface area (Å²) in [5.41, 5.74) is 0.619. The Morgan fingerprint density at radius 3 is 2.81 bits per heavy atom. The first-order valence-corrected chi connectivity index (χ1v) is 5.36. The average Bonchev–Trinajstić information content (AvgIpc) is 2.27. The minimum absolute atomic E-state index is 0.157. The van der Waals surface area contributed by atoms with Crippen molar-refractivity contribution in [2.45, 2.75) is 6.10 Å². The molecule has 0 fully saturated rings. The molecule has 4 nitrogen and oxygen atoms in total. The van der Waals surface area contributed by atoms with Gasteiger partial charge in [-0.3, -0.25) is 4.79 Å². The molecule has 0 saturated heterocycles. The maximum atomic E-state index is 11.1. The molecule has 5 heteroatoms. The van der Waals surface area contributed by atoms with E-state index >= 15 is 0 Å². The fraction of sp³-hybridized carbons (Fsp3) is 0.364. The minimum atomic E-state index is -0.783. The number of benzene rings is 1. The number of amides is 1. The van der Waals surface area contributed by atoms with Crippen molar-refractivity contribution in [2.24, 2.45) is 0 Å². The monoisotopic (exact) mass is 242 g/mol. The van der Waals surface area contributed by atoms with E-state index in [1.807, 2.05) is 0 Å². The second kappa shape index (κ2) is 6.48. The Balaban J connectivity index is 2.50. The van der Waals surface area contributed by atoms with E-state index in [4.69, 9.17) is 11.6 Å². The van der Waals surface area contributed by atoms with Gasteiger partial charge in [-0.05, 0) is 13.1 Å². The lowest BCUT2D eigenvalue weighted by Crippen LogP contribution is -2.34. The van der Waals surface area contributed by atoms with E-state index in [1.165, 1.54) is 0 Å². The van der Waals surface area contributed by atoms with E-state index in [0.29, 0.717) is 10.6 Å². The molecular weight excluding hydrogens is 228 g/mol. The molecule has 0 heterocycles. The van der Waals surface area contributed by atoms with Crippen LogP contribution in [0.2, 0.25) is 5.02 Å². The number of aliphatic hydroxyl groups is 1. The van der Waals surface area contributed by atoms with Crippen LogP contribution in [-0.4, -0.2) is 31.2 Å². The lowest BCUT2D eigenvalue weighted by molar-refractivity contribution is -0.120. The molecule has 0 aromatic heterocycles. The number of hydrogen-bond acceptors (Lipinski definition) is 3. The predicted octanol–water partition coefficient (Wildman–Crippen LogP) is 0.709. The molecule has 1 rings (SSSR count). The maximum Gasteiger partial charge on any atom is 0.234 e. The third-order valence-electron chi connectivity index (χ3n) is 2.09. The molecule has 0 bridgehead atoms. The summed E-state index contributed by atoms with van der Waals surface area (Å²) in [6, 6.07) is 7.02. The van der Waals surface area contributed by atoms with E-state index in [0.717, 1.165) is 0 Å². The molecule has 1 amide bonds. The topological polar surface area (TPSA) is 61.4 Å². The van der Waals surface area contributed by atoms with Gasteiger partial charge in [0.2, 0.25) is 5.91 Å². The number of rotatable bonds is 5. The van der Waals surface area contributed by atoms with Crippen LogP contribution in [0.4, 0.5) is 0 Å². The highest BCUT2D eigenvalue weighted by Gasteiger charge is 2.11. The van der Waals surface area contributed by atoms with Gasteiger partial charge in [0.25, 0.3) is 0 Å². The van der Waals surface area contributed by atoms with Gasteiger partial charge in [0.1, 0.15) is 0 Å². The van der Waals surface area contributed by atoms with E-state index < -0.39 is 6.10 Å². The third-order valence-corrected chi connectivity index (χ3v) is 2.44. The van der Waals surface area contributed by atoms with Crippen molar-refractivity contribution < 1.29 is 9.90 Å². The number of nitrogens with one attached hydrogen (secondary N) is 2. The number of carbonyl (C=O) groups excluding carboxylic acids is 1. The molecule has 0 spiro atoms. The van der Waals surface area contributed by atoms with Gasteiger partial charge < -0.3 is 15.7 Å². The molecule has 16 heavy (non-hydrogen) atoms. The number of halogens is 1. The number of likely N-dealkylation sites (N-methyl/N-ethyl adjacent to an activating group) is 1. The summed E-state index contributed by atoms with van der Waals surface area (Å²) in [6.07, 6.45) is -0.783. The first kappa shape index (κ1) is 13.0. The molecule has 1 unspecified atom stereocenters. The molecule has 0 aliphatic rings. The van der Waals surface area contributed by atoms with Crippen LogP contribution in [-0.2, 0) is 4.79 Å². The van der Waals surface area contributed by atoms with Gasteiger partial charge in [0.05, 0.1) is 12.6 Å². The summed E-state index contributed by atoms with van der Waals surface area (Å²) in [6.45, 7) is 0.388. The van der Waals surface area contributed by atoms with Gasteiger partial charge in [0, 0.05) is 17.1 Å². The van der Waals surface area contributed by atoms with Gasteiger partial charge in [-0.2, -0.15) is 0 Å². The highest BCUT2D eigenvalue weighted by molar-refractivity contribution is 6.31. The van der Waals surface area contributed by atoms with Gasteiger partial charge >= 0.3 is 0 Å². The second-order valence-electron chi connectivity index (χ2n) is 3.37.